The first-order valence-corrected chi connectivity index (χ1v) is 0.508. The maximum absolute atomic E-state index is 7.81. The van der Waals surface area contributed by atoms with Crippen molar-refractivity contribution in [3.63, 3.8) is 0 Å². The normalized spacial score (nSPS) is 1.50. The second kappa shape index (κ2) is 16.7. The quantitative estimate of drug-likeness (QED) is 0.551. The van der Waals surface area contributed by atoms with Crippen LogP contribution in [-0.4, -0.2) is 48.9 Å². The molecule has 0 aromatic rings. The number of hydrogen-bond acceptors (Lipinski definition) is 1. The van der Waals surface area contributed by atoms with Crippen molar-refractivity contribution in [3.05, 3.63) is 0 Å². The molecule has 4 heteroatoms. The largest absolute Gasteiger partial charge is 0 e. The Balaban J connectivity index is -0.00000000500. The molecule has 0 bridgehead atoms. The molecule has 0 fully saturated rings. The van der Waals surface area contributed by atoms with Gasteiger partial charge in [0.1, 0.15) is 0 Å². The van der Waals surface area contributed by atoms with Gasteiger partial charge < -0.3 is 0 Å². The molecule has 0 amide bonds. The van der Waals surface area contributed by atoms with Gasteiger partial charge in [-0.15, -0.1) is 0 Å². The van der Waals surface area contributed by atoms with E-state index in [9.17, 15) is 0 Å². The molecule has 4 heavy (non-hydrogen) atoms. The molecule has 0 aliphatic rings. The van der Waals surface area contributed by atoms with Crippen molar-refractivity contribution in [3.8, 4) is 0 Å². The summed E-state index contributed by atoms with van der Waals surface area (Å²) in [5, 5.41) is 0. The van der Waals surface area contributed by atoms with E-state index in [1.807, 2.05) is 0 Å². The van der Waals surface area contributed by atoms with Crippen LogP contribution in [0.15, 0.2) is 0 Å². The van der Waals surface area contributed by atoms with Crippen molar-refractivity contribution in [2.45, 2.75) is 0 Å². The summed E-state index contributed by atoms with van der Waals surface area (Å²) in [6.45, 7) is 0. The van der Waals surface area contributed by atoms with Crippen molar-refractivity contribution in [1.82, 2.24) is 0 Å². The molecular weight excluding hydrogens is 306 g/mol. The molecular formula is BaCuOY. The van der Waals surface area contributed by atoms with Crippen LogP contribution in [0.4, 0.5) is 0 Å². The maximum atomic E-state index is 7.81. The van der Waals surface area contributed by atoms with Crippen molar-refractivity contribution in [2.75, 3.05) is 0 Å². The first kappa shape index (κ1) is 15.8. The van der Waals surface area contributed by atoms with Gasteiger partial charge in [-0.25, -0.2) is 0 Å². The summed E-state index contributed by atoms with van der Waals surface area (Å²) in [7, 11) is 0. The number of rotatable bonds is 0. The molecule has 0 rings (SSSR count). The van der Waals surface area contributed by atoms with Crippen molar-refractivity contribution in [1.29, 1.82) is 0 Å². The first-order chi connectivity index (χ1) is 1.00. The third-order valence-corrected chi connectivity index (χ3v) is 0. The van der Waals surface area contributed by atoms with Crippen LogP contribution in [-0.2, 0) is 52.5 Å². The van der Waals surface area contributed by atoms with E-state index in [0.29, 0.717) is 0 Å². The molecule has 3 radical (unpaired) electrons. The van der Waals surface area contributed by atoms with Crippen LogP contribution < -0.4 is 0 Å². The van der Waals surface area contributed by atoms with Gasteiger partial charge in [0.2, 0.25) is 0 Å². The van der Waals surface area contributed by atoms with E-state index in [0.717, 1.165) is 0 Å². The second-order valence-corrected chi connectivity index (χ2v) is 0. The molecule has 22 valence electrons. The van der Waals surface area contributed by atoms with E-state index in [2.05, 4.69) is 15.9 Å². The van der Waals surface area contributed by atoms with Crippen LogP contribution in [0.3, 0.4) is 0 Å². The van der Waals surface area contributed by atoms with Gasteiger partial charge >= 0.3 is 19.8 Å². The Morgan fingerprint density at radius 1 is 1.25 bits per heavy atom. The molecule has 0 unspecified atom stereocenters. The third-order valence-electron chi connectivity index (χ3n) is 0. The van der Waals surface area contributed by atoms with E-state index in [4.69, 9.17) is 3.83 Å². The molecule has 0 aliphatic heterocycles. The minimum Gasteiger partial charge on any atom is 0 e. The predicted molar refractivity (Wildman–Crippen MR) is 6.44 cm³/mol. The van der Waals surface area contributed by atoms with Gasteiger partial charge in [0.05, 0.1) is 0 Å². The van der Waals surface area contributed by atoms with Gasteiger partial charge in [0, 0.05) is 81.6 Å². The van der Waals surface area contributed by atoms with E-state index < -0.39 is 0 Å². The fourth-order valence-electron chi connectivity index (χ4n) is 0. The Labute approximate surface area is 98.6 Å². The summed E-state index contributed by atoms with van der Waals surface area (Å²) in [4.78, 5) is 0. The van der Waals surface area contributed by atoms with Crippen LogP contribution in [0, 0.1) is 0 Å². The summed E-state index contributed by atoms with van der Waals surface area (Å²) in [6.07, 6.45) is 0. The fraction of sp³-hybridized carbons (Fsp3) is 0. The Bertz CT molecular complexity index is 8.00. The minimum absolute atomic E-state index is 0. The summed E-state index contributed by atoms with van der Waals surface area (Å²) >= 11 is 2.94. The fourth-order valence-corrected chi connectivity index (χ4v) is 0. The molecule has 0 aromatic carbocycles. The van der Waals surface area contributed by atoms with Gasteiger partial charge in [0.25, 0.3) is 0 Å². The average Bonchev–Trinajstić information content (AvgIpc) is 1.00. The summed E-state index contributed by atoms with van der Waals surface area (Å²) in [5.74, 6) is 0. The van der Waals surface area contributed by atoms with Crippen LogP contribution in [0.2, 0.25) is 0 Å². The molecule has 0 N–H and O–H groups in total. The van der Waals surface area contributed by atoms with Crippen LogP contribution in [0.25, 0.3) is 0 Å². The van der Waals surface area contributed by atoms with Crippen LogP contribution in [0.1, 0.15) is 0 Å². The summed E-state index contributed by atoms with van der Waals surface area (Å²) in [6, 6.07) is 0. The molecule has 0 spiro atoms. The van der Waals surface area contributed by atoms with Gasteiger partial charge in [-0.2, -0.15) is 0 Å². The maximum Gasteiger partial charge on any atom is 0 e. The molecule has 0 saturated heterocycles. The SMILES string of the molecule is [Ba].[O]=[Cu].[Y]. The molecule has 1 nitrogen and oxygen atoms in total. The van der Waals surface area contributed by atoms with E-state index in [-0.39, 0.29) is 81.6 Å². The second-order valence-electron chi connectivity index (χ2n) is 0. The zero-order valence-corrected chi connectivity index (χ0v) is 10.2. The van der Waals surface area contributed by atoms with E-state index >= 15 is 0 Å². The first-order valence-electron chi connectivity index (χ1n) is 0.123. The predicted octanol–water partition coefficient (Wildman–Crippen LogP) is -0.505. The monoisotopic (exact) mass is 306 g/mol. The zero-order valence-electron chi connectivity index (χ0n) is 1.99. The number of hydrogen-bond donors (Lipinski definition) is 0. The summed E-state index contributed by atoms with van der Waals surface area (Å²) in [5.41, 5.74) is 0. The Morgan fingerprint density at radius 2 is 1.25 bits per heavy atom. The van der Waals surface area contributed by atoms with Gasteiger partial charge in [-0.1, -0.05) is 0 Å². The molecule has 0 aliphatic carbocycles. The molecule has 0 atom stereocenters. The average molecular weight is 306 g/mol. The minimum atomic E-state index is 0. The standard InChI is InChI=1S/Ba.Cu.O.Y. The van der Waals surface area contributed by atoms with Crippen LogP contribution >= 0.6 is 0 Å². The molecule has 0 saturated carbocycles. The Hall–Kier alpha value is 2.99. The Morgan fingerprint density at radius 3 is 1.25 bits per heavy atom. The zero-order chi connectivity index (χ0) is 2.00. The molecule has 0 aromatic heterocycles. The third kappa shape index (κ3) is 8.89. The Kier molecular flexibility index (Phi) is 65.7. The topological polar surface area (TPSA) is 17.1 Å². The molecule has 0 heterocycles. The van der Waals surface area contributed by atoms with Gasteiger partial charge in [0.15, 0.2) is 0 Å². The van der Waals surface area contributed by atoms with Gasteiger partial charge in [-0.3, -0.25) is 0 Å². The smallest absolute Gasteiger partial charge is 0 e. The van der Waals surface area contributed by atoms with Crippen molar-refractivity contribution >= 4 is 48.9 Å². The van der Waals surface area contributed by atoms with Crippen LogP contribution in [0.5, 0.6) is 0 Å². The van der Waals surface area contributed by atoms with E-state index in [1.165, 1.54) is 0 Å². The van der Waals surface area contributed by atoms with E-state index in [1.54, 1.807) is 0 Å². The van der Waals surface area contributed by atoms with Gasteiger partial charge in [-0.05, 0) is 0 Å². The summed E-state index contributed by atoms with van der Waals surface area (Å²) < 4.78 is 7.81. The van der Waals surface area contributed by atoms with Crippen molar-refractivity contribution < 1.29 is 52.5 Å². The van der Waals surface area contributed by atoms with Crippen molar-refractivity contribution in [2.24, 2.45) is 0 Å².